The zero-order valence-electron chi connectivity index (χ0n) is 14.8. The van der Waals surface area contributed by atoms with Gasteiger partial charge in [-0.05, 0) is 19.1 Å². The number of anilines is 1. The minimum absolute atomic E-state index is 0.0452. The predicted octanol–water partition coefficient (Wildman–Crippen LogP) is 2.70. The van der Waals surface area contributed by atoms with Gasteiger partial charge >= 0.3 is 0 Å². The molecule has 0 radical (unpaired) electrons. The number of carbonyl (C=O) groups is 1. The summed E-state index contributed by atoms with van der Waals surface area (Å²) in [5.41, 5.74) is 4.02. The number of aromatic nitrogens is 4. The molecule has 1 atom stereocenters. The van der Waals surface area contributed by atoms with Crippen LogP contribution in [0.1, 0.15) is 22.2 Å². The number of ether oxygens (including phenoxy) is 1. The van der Waals surface area contributed by atoms with Crippen molar-refractivity contribution >= 4 is 23.5 Å². The molecule has 3 heterocycles. The lowest BCUT2D eigenvalue weighted by atomic mass is 10.1. The van der Waals surface area contributed by atoms with Crippen molar-refractivity contribution in [3.8, 4) is 11.4 Å². The van der Waals surface area contributed by atoms with Crippen LogP contribution in [0.3, 0.4) is 0 Å². The molecule has 8 heteroatoms. The average Bonchev–Trinajstić information content (AvgIpc) is 3.16. The van der Waals surface area contributed by atoms with Crippen molar-refractivity contribution in [1.82, 2.24) is 19.3 Å². The van der Waals surface area contributed by atoms with Crippen molar-refractivity contribution in [3.05, 3.63) is 53.7 Å². The largest absolute Gasteiger partial charge is 0.497 e. The molecule has 0 fully saturated rings. The van der Waals surface area contributed by atoms with Crippen molar-refractivity contribution in [1.29, 1.82) is 0 Å². The summed E-state index contributed by atoms with van der Waals surface area (Å²) in [6.07, 6.45) is 3.61. The molecule has 1 aromatic carbocycles. The van der Waals surface area contributed by atoms with E-state index in [1.165, 1.54) is 0 Å². The minimum atomic E-state index is -0.0497. The van der Waals surface area contributed by atoms with Crippen LogP contribution in [0.5, 0.6) is 5.75 Å². The summed E-state index contributed by atoms with van der Waals surface area (Å²) in [6.45, 7) is 2.04. The third-order valence-electron chi connectivity index (χ3n) is 4.58. The van der Waals surface area contributed by atoms with Crippen molar-refractivity contribution in [2.24, 2.45) is 7.05 Å². The smallest absolute Gasteiger partial charge is 0.235 e. The number of amides is 1. The van der Waals surface area contributed by atoms with Gasteiger partial charge in [-0.3, -0.25) is 14.0 Å². The first-order chi connectivity index (χ1) is 12.6. The molecular weight excluding hydrogens is 350 g/mol. The Hall–Kier alpha value is -2.74. The number of hydrogen-bond acceptors (Lipinski definition) is 5. The fourth-order valence-electron chi connectivity index (χ4n) is 3.09. The van der Waals surface area contributed by atoms with E-state index in [-0.39, 0.29) is 11.2 Å². The zero-order chi connectivity index (χ0) is 18.3. The Balaban J connectivity index is 1.89. The maximum absolute atomic E-state index is 12.1. The minimum Gasteiger partial charge on any atom is -0.497 e. The van der Waals surface area contributed by atoms with Crippen LogP contribution in [0.25, 0.3) is 5.69 Å². The Labute approximate surface area is 155 Å². The Bertz CT molecular complexity index is 978. The van der Waals surface area contributed by atoms with E-state index in [0.29, 0.717) is 11.6 Å². The van der Waals surface area contributed by atoms with Crippen molar-refractivity contribution in [2.75, 3.05) is 18.2 Å². The van der Waals surface area contributed by atoms with Gasteiger partial charge in [-0.2, -0.15) is 5.10 Å². The summed E-state index contributed by atoms with van der Waals surface area (Å²) in [5, 5.41) is 7.24. The lowest BCUT2D eigenvalue weighted by Gasteiger charge is -2.18. The van der Waals surface area contributed by atoms with Crippen LogP contribution in [0.15, 0.2) is 36.8 Å². The molecule has 0 unspecified atom stereocenters. The normalized spacial score (nSPS) is 16.7. The molecule has 0 bridgehead atoms. The standard InChI is InChI=1S/C18H19N5O2S/c1-11-14(8-20-22(11)2)17-16-18(21-15(24)9-26-17)19-10-23(16)12-5-4-6-13(7-12)25-3/h4-8,10,17H,9H2,1-3H3,(H,21,24)/t17-/m0/s1. The van der Waals surface area contributed by atoms with E-state index in [1.54, 1.807) is 25.2 Å². The molecule has 1 N–H and O–H groups in total. The second-order valence-electron chi connectivity index (χ2n) is 6.10. The molecular formula is C18H19N5O2S. The number of nitrogens with zero attached hydrogens (tertiary/aromatic N) is 4. The van der Waals surface area contributed by atoms with Crippen LogP contribution >= 0.6 is 11.8 Å². The highest BCUT2D eigenvalue weighted by Crippen LogP contribution is 2.43. The highest BCUT2D eigenvalue weighted by molar-refractivity contribution is 8.00. The van der Waals surface area contributed by atoms with Crippen molar-refractivity contribution < 1.29 is 9.53 Å². The Morgan fingerprint density at radius 2 is 2.23 bits per heavy atom. The number of thioether (sulfide) groups is 1. The maximum Gasteiger partial charge on any atom is 0.235 e. The molecule has 1 aliphatic rings. The fourth-order valence-corrected chi connectivity index (χ4v) is 4.27. The molecule has 4 rings (SSSR count). The van der Waals surface area contributed by atoms with Gasteiger partial charge in [0.25, 0.3) is 0 Å². The number of nitrogens with one attached hydrogen (secondary N) is 1. The molecule has 3 aromatic rings. The van der Waals surface area contributed by atoms with E-state index >= 15 is 0 Å². The van der Waals surface area contributed by atoms with Gasteiger partial charge in [-0.25, -0.2) is 4.98 Å². The van der Waals surface area contributed by atoms with E-state index in [2.05, 4.69) is 15.4 Å². The summed E-state index contributed by atoms with van der Waals surface area (Å²) in [6, 6.07) is 7.78. The fraction of sp³-hybridized carbons (Fsp3) is 0.278. The molecule has 1 amide bonds. The number of benzene rings is 1. The Morgan fingerprint density at radius 1 is 1.38 bits per heavy atom. The number of hydrogen-bond donors (Lipinski definition) is 1. The highest BCUT2D eigenvalue weighted by atomic mass is 32.2. The highest BCUT2D eigenvalue weighted by Gasteiger charge is 2.31. The van der Waals surface area contributed by atoms with Gasteiger partial charge in [0.1, 0.15) is 12.1 Å². The maximum atomic E-state index is 12.1. The topological polar surface area (TPSA) is 74.0 Å². The summed E-state index contributed by atoms with van der Waals surface area (Å²) in [4.78, 5) is 16.6. The summed E-state index contributed by atoms with van der Waals surface area (Å²) in [7, 11) is 3.56. The second-order valence-corrected chi connectivity index (χ2v) is 7.19. The van der Waals surface area contributed by atoms with Gasteiger partial charge in [0, 0.05) is 24.4 Å². The molecule has 26 heavy (non-hydrogen) atoms. The zero-order valence-corrected chi connectivity index (χ0v) is 15.6. The quantitative estimate of drug-likeness (QED) is 0.768. The van der Waals surface area contributed by atoms with E-state index in [0.717, 1.165) is 28.4 Å². The van der Waals surface area contributed by atoms with Crippen LogP contribution in [0, 0.1) is 6.92 Å². The first-order valence-corrected chi connectivity index (χ1v) is 9.25. The van der Waals surface area contributed by atoms with Crippen LogP contribution in [0.4, 0.5) is 5.82 Å². The van der Waals surface area contributed by atoms with E-state index in [1.807, 2.05) is 53.7 Å². The summed E-state index contributed by atoms with van der Waals surface area (Å²) >= 11 is 1.58. The molecule has 134 valence electrons. The van der Waals surface area contributed by atoms with Gasteiger partial charge < -0.3 is 10.1 Å². The monoisotopic (exact) mass is 369 g/mol. The van der Waals surface area contributed by atoms with Crippen LogP contribution in [0.2, 0.25) is 0 Å². The number of fused-ring (bicyclic) bond motifs is 1. The van der Waals surface area contributed by atoms with Gasteiger partial charge in [-0.1, -0.05) is 6.07 Å². The van der Waals surface area contributed by atoms with Gasteiger partial charge in [0.05, 0.1) is 35.7 Å². The van der Waals surface area contributed by atoms with Gasteiger partial charge in [0.15, 0.2) is 5.82 Å². The third kappa shape index (κ3) is 2.76. The van der Waals surface area contributed by atoms with E-state index < -0.39 is 0 Å². The molecule has 2 aromatic heterocycles. The molecule has 7 nitrogen and oxygen atoms in total. The first kappa shape index (κ1) is 16.7. The van der Waals surface area contributed by atoms with Gasteiger partial charge in [-0.15, -0.1) is 11.8 Å². The number of rotatable bonds is 3. The molecule has 0 aliphatic carbocycles. The second kappa shape index (κ2) is 6.53. The van der Waals surface area contributed by atoms with E-state index in [9.17, 15) is 4.79 Å². The summed E-state index contributed by atoms with van der Waals surface area (Å²) < 4.78 is 9.21. The van der Waals surface area contributed by atoms with Crippen molar-refractivity contribution in [3.63, 3.8) is 0 Å². The number of imidazole rings is 1. The SMILES string of the molecule is COc1cccc(-n2cnc3c2[C@H](c2cnn(C)c2C)SCC(=O)N3)c1. The average molecular weight is 369 g/mol. The summed E-state index contributed by atoms with van der Waals surface area (Å²) in [5.74, 6) is 1.68. The van der Waals surface area contributed by atoms with Crippen LogP contribution < -0.4 is 10.1 Å². The van der Waals surface area contributed by atoms with Crippen LogP contribution in [-0.4, -0.2) is 38.1 Å². The van der Waals surface area contributed by atoms with Crippen LogP contribution in [-0.2, 0) is 11.8 Å². The number of methoxy groups -OCH3 is 1. The van der Waals surface area contributed by atoms with E-state index in [4.69, 9.17) is 4.74 Å². The molecule has 0 saturated carbocycles. The lowest BCUT2D eigenvalue weighted by molar-refractivity contribution is -0.113. The number of carbonyl (C=O) groups excluding carboxylic acids is 1. The Kier molecular flexibility index (Phi) is 4.20. The number of aryl methyl sites for hydroxylation is 1. The first-order valence-electron chi connectivity index (χ1n) is 8.20. The lowest BCUT2D eigenvalue weighted by Crippen LogP contribution is -2.12. The molecule has 1 aliphatic heterocycles. The van der Waals surface area contributed by atoms with Gasteiger partial charge in [0.2, 0.25) is 5.91 Å². The molecule has 0 spiro atoms. The van der Waals surface area contributed by atoms with Crippen molar-refractivity contribution in [2.45, 2.75) is 12.2 Å². The third-order valence-corrected chi connectivity index (χ3v) is 5.82. The molecule has 0 saturated heterocycles. The Morgan fingerprint density at radius 3 is 2.96 bits per heavy atom. The predicted molar refractivity (Wildman–Crippen MR) is 101 cm³/mol.